The molecular formula is C59H70N3O2+. The zero-order chi connectivity index (χ0) is 45.5. The predicted octanol–water partition coefficient (Wildman–Crippen LogP) is 15.4. The molecule has 7 rings (SSSR count). The second-order valence-corrected chi connectivity index (χ2v) is 18.4. The van der Waals surface area contributed by atoms with Crippen LogP contribution in [0.2, 0.25) is 0 Å². The van der Waals surface area contributed by atoms with E-state index >= 15 is 0 Å². The number of carbonyl (C=O) groups is 1. The molecule has 2 unspecified atom stereocenters. The summed E-state index contributed by atoms with van der Waals surface area (Å²) in [7, 11) is 0. The molecule has 1 saturated carbocycles. The minimum atomic E-state index is -0.314. The quantitative estimate of drug-likeness (QED) is 0.0429. The lowest BCUT2D eigenvalue weighted by molar-refractivity contribution is -0.146. The molecule has 1 aliphatic rings. The van der Waals surface area contributed by atoms with Crippen molar-refractivity contribution in [2.75, 3.05) is 28.2 Å². The summed E-state index contributed by atoms with van der Waals surface area (Å²) in [5.41, 5.74) is 17.9. The first-order chi connectivity index (χ1) is 30.9. The van der Waals surface area contributed by atoms with E-state index in [0.29, 0.717) is 5.57 Å². The van der Waals surface area contributed by atoms with E-state index in [4.69, 9.17) is 4.74 Å². The molecule has 6 aromatic rings. The van der Waals surface area contributed by atoms with Gasteiger partial charge in [0.2, 0.25) is 0 Å². The summed E-state index contributed by atoms with van der Waals surface area (Å²) in [6.07, 6.45) is 8.19. The topological polar surface area (TPSA) is 44.8 Å². The third-order valence-electron chi connectivity index (χ3n) is 13.1. The lowest BCUT2D eigenvalue weighted by atomic mass is 9.82. The number of carbonyl (C=O) groups excluding carboxylic acids is 1. The van der Waals surface area contributed by atoms with Crippen molar-refractivity contribution >= 4 is 45.2 Å². The average molecular weight is 853 g/mol. The van der Waals surface area contributed by atoms with E-state index in [1.165, 1.54) is 84.1 Å². The number of hydrogen-bond acceptors (Lipinski definition) is 5. The standard InChI is InChI=1S/C59H70N3O2/c1-11-13-33-61(57-42(7)35-40(5)36-43(57)8)48-27-23-46(24-28-48)56(47-25-29-49(30-26-47)62(34-14-12-2)58-44(9)37-41(6)38-45(58)10)52-31-32-53(51-20-16-15-19-50(51)52)60-54-21-17-18-22-55(54)64-59(63)39(3)4/h15-16,19-20,23-32,35-38,54-55,60H,3,11-14,17-18,21-22,33-34H2,1-2,4-10H3/q+1. The Kier molecular flexibility index (Phi) is 14.9. The first-order valence-corrected chi connectivity index (χ1v) is 23.8. The molecule has 0 bridgehead atoms. The second kappa shape index (κ2) is 20.7. The van der Waals surface area contributed by atoms with Gasteiger partial charge < -0.3 is 19.9 Å². The van der Waals surface area contributed by atoms with Crippen molar-refractivity contribution in [3.8, 4) is 0 Å². The van der Waals surface area contributed by atoms with Gasteiger partial charge in [0.15, 0.2) is 0 Å². The van der Waals surface area contributed by atoms with Gasteiger partial charge in [-0.15, -0.1) is 0 Å². The van der Waals surface area contributed by atoms with Crippen molar-refractivity contribution in [3.63, 3.8) is 0 Å². The van der Waals surface area contributed by atoms with E-state index in [-0.39, 0.29) is 18.1 Å². The molecular weight excluding hydrogens is 783 g/mol. The molecule has 6 aromatic carbocycles. The molecule has 0 spiro atoms. The summed E-state index contributed by atoms with van der Waals surface area (Å²) in [5, 5.41) is 6.19. The van der Waals surface area contributed by atoms with Crippen LogP contribution in [0.5, 0.6) is 0 Å². The summed E-state index contributed by atoms with van der Waals surface area (Å²) in [6.45, 7) is 25.4. The van der Waals surface area contributed by atoms with Crippen LogP contribution in [0.3, 0.4) is 0 Å². The third-order valence-corrected chi connectivity index (χ3v) is 13.1. The number of nitrogens with one attached hydrogen (secondary N) is 1. The van der Waals surface area contributed by atoms with Crippen molar-refractivity contribution < 1.29 is 9.53 Å². The summed E-state index contributed by atoms with van der Waals surface area (Å²) >= 11 is 0. The number of unbranched alkanes of at least 4 members (excludes halogenated alkanes) is 2. The Labute approximate surface area is 384 Å². The van der Waals surface area contributed by atoms with Crippen LogP contribution in [-0.2, 0) is 9.53 Å². The van der Waals surface area contributed by atoms with Crippen LogP contribution < -0.4 is 15.1 Å². The van der Waals surface area contributed by atoms with E-state index in [1.807, 2.05) is 0 Å². The SMILES string of the molecule is C=C(C)C(=O)OC1CCCCC1Nc1ccc([C+](c2ccc(N(CCCC)c3c(C)cc(C)cc3C)cc2)c2ccc(N(CCCC)c3c(C)cc(C)cc3C)cc2)c2ccccc12. The molecule has 1 aliphatic carbocycles. The molecule has 332 valence electrons. The number of anilines is 5. The second-order valence-electron chi connectivity index (χ2n) is 18.4. The highest BCUT2D eigenvalue weighted by Gasteiger charge is 2.31. The van der Waals surface area contributed by atoms with Gasteiger partial charge in [-0.3, -0.25) is 0 Å². The zero-order valence-corrected chi connectivity index (χ0v) is 40.0. The number of fused-ring (bicyclic) bond motifs is 1. The Morgan fingerprint density at radius 3 is 1.59 bits per heavy atom. The smallest absolute Gasteiger partial charge is 0.333 e. The van der Waals surface area contributed by atoms with Crippen molar-refractivity contribution in [3.05, 3.63) is 177 Å². The van der Waals surface area contributed by atoms with Crippen LogP contribution in [0.4, 0.5) is 28.4 Å². The number of aryl methyl sites for hydroxylation is 6. The molecule has 64 heavy (non-hydrogen) atoms. The Morgan fingerprint density at radius 2 is 1.12 bits per heavy atom. The number of ether oxygens (including phenoxy) is 1. The Morgan fingerprint density at radius 1 is 0.656 bits per heavy atom. The highest BCUT2D eigenvalue weighted by Crippen LogP contribution is 2.42. The fourth-order valence-electron chi connectivity index (χ4n) is 10.1. The Balaban J connectivity index is 1.33. The number of esters is 1. The van der Waals surface area contributed by atoms with Crippen molar-refractivity contribution in [2.45, 2.75) is 126 Å². The van der Waals surface area contributed by atoms with Crippen molar-refractivity contribution in [2.24, 2.45) is 0 Å². The van der Waals surface area contributed by atoms with Gasteiger partial charge in [-0.1, -0.05) is 87.2 Å². The maximum absolute atomic E-state index is 12.7. The van der Waals surface area contributed by atoms with Gasteiger partial charge in [-0.2, -0.15) is 0 Å². The summed E-state index contributed by atoms with van der Waals surface area (Å²) in [6, 6.07) is 41.1. The first-order valence-electron chi connectivity index (χ1n) is 23.8. The molecule has 0 saturated heterocycles. The summed E-state index contributed by atoms with van der Waals surface area (Å²) in [5.74, 6) is 0.878. The van der Waals surface area contributed by atoms with Crippen LogP contribution in [0.25, 0.3) is 10.8 Å². The summed E-state index contributed by atoms with van der Waals surface area (Å²) < 4.78 is 6.00. The van der Waals surface area contributed by atoms with Gasteiger partial charge in [0.1, 0.15) is 6.10 Å². The number of rotatable bonds is 17. The average Bonchev–Trinajstić information content (AvgIpc) is 3.27. The lowest BCUT2D eigenvalue weighted by Gasteiger charge is -2.33. The minimum Gasteiger partial charge on any atom is -0.457 e. The van der Waals surface area contributed by atoms with Crippen LogP contribution in [0.1, 0.15) is 122 Å². The molecule has 5 heteroatoms. The molecule has 5 nitrogen and oxygen atoms in total. The zero-order valence-electron chi connectivity index (χ0n) is 40.0. The van der Waals surface area contributed by atoms with Gasteiger partial charge in [0.25, 0.3) is 0 Å². The molecule has 0 aromatic heterocycles. The monoisotopic (exact) mass is 853 g/mol. The van der Waals surface area contributed by atoms with Gasteiger partial charge in [0.05, 0.1) is 45.7 Å². The largest absolute Gasteiger partial charge is 0.457 e. The van der Waals surface area contributed by atoms with Crippen LogP contribution >= 0.6 is 0 Å². The Bertz CT molecular complexity index is 2410. The Hall–Kier alpha value is -5.94. The molecule has 2 atom stereocenters. The fraction of sp³-hybridized carbons (Fsp3) is 0.356. The third kappa shape index (κ3) is 10.2. The van der Waals surface area contributed by atoms with Crippen LogP contribution in [0, 0.1) is 47.5 Å². The lowest BCUT2D eigenvalue weighted by Crippen LogP contribution is -2.40. The predicted molar refractivity (Wildman–Crippen MR) is 273 cm³/mol. The highest BCUT2D eigenvalue weighted by molar-refractivity contribution is 5.98. The van der Waals surface area contributed by atoms with Gasteiger partial charge in [0, 0.05) is 40.8 Å². The number of nitrogens with zero attached hydrogens (tertiary/aromatic N) is 2. The van der Waals surface area contributed by atoms with E-state index in [0.717, 1.165) is 75.5 Å². The molecule has 1 N–H and O–H groups in total. The van der Waals surface area contributed by atoms with E-state index in [9.17, 15) is 4.79 Å². The van der Waals surface area contributed by atoms with Gasteiger partial charge in [-0.25, -0.2) is 4.79 Å². The van der Waals surface area contributed by atoms with E-state index < -0.39 is 0 Å². The van der Waals surface area contributed by atoms with Crippen molar-refractivity contribution in [1.29, 1.82) is 0 Å². The number of benzene rings is 6. The molecule has 0 heterocycles. The maximum atomic E-state index is 12.7. The summed E-state index contributed by atoms with van der Waals surface area (Å²) in [4.78, 5) is 17.7. The first kappa shape index (κ1) is 46.1. The van der Waals surface area contributed by atoms with Crippen LogP contribution in [0.15, 0.2) is 121 Å². The van der Waals surface area contributed by atoms with Gasteiger partial charge >= 0.3 is 5.97 Å². The molecule has 1 fully saturated rings. The highest BCUT2D eigenvalue weighted by atomic mass is 16.5. The maximum Gasteiger partial charge on any atom is 0.333 e. The molecule has 0 radical (unpaired) electrons. The molecule has 0 amide bonds. The van der Waals surface area contributed by atoms with Crippen LogP contribution in [-0.4, -0.2) is 31.2 Å². The molecule has 0 aliphatic heterocycles. The minimum absolute atomic E-state index is 0.0164. The normalized spacial score (nSPS) is 14.9. The van der Waals surface area contributed by atoms with Gasteiger partial charge in [-0.05, 0) is 176 Å². The number of hydrogen-bond donors (Lipinski definition) is 1. The van der Waals surface area contributed by atoms with Crippen molar-refractivity contribution in [1.82, 2.24) is 0 Å². The van der Waals surface area contributed by atoms with E-state index in [2.05, 4.69) is 186 Å². The van der Waals surface area contributed by atoms with E-state index in [1.54, 1.807) is 6.92 Å². The fourth-order valence-corrected chi connectivity index (χ4v) is 10.1.